The highest BCUT2D eigenvalue weighted by atomic mass is 32.1. The fourth-order valence-corrected chi connectivity index (χ4v) is 4.05. The molecule has 0 fully saturated rings. The third-order valence-electron chi connectivity index (χ3n) is 4.59. The monoisotopic (exact) mass is 354 g/mol. The summed E-state index contributed by atoms with van der Waals surface area (Å²) in [6.07, 6.45) is 5.97. The molecule has 4 heterocycles. The van der Waals surface area contributed by atoms with Crippen LogP contribution in [0.2, 0.25) is 0 Å². The fourth-order valence-electron chi connectivity index (χ4n) is 3.23. The lowest BCUT2D eigenvalue weighted by Crippen LogP contribution is -2.32. The Kier molecular flexibility index (Phi) is 4.92. The van der Waals surface area contributed by atoms with Gasteiger partial charge in [0.1, 0.15) is 0 Å². The summed E-state index contributed by atoms with van der Waals surface area (Å²) in [6, 6.07) is 8.34. The van der Waals surface area contributed by atoms with Crippen LogP contribution in [-0.2, 0) is 31.0 Å². The van der Waals surface area contributed by atoms with Gasteiger partial charge in [0.2, 0.25) is 0 Å². The quantitative estimate of drug-likeness (QED) is 0.705. The van der Waals surface area contributed by atoms with Gasteiger partial charge in [0.15, 0.2) is 0 Å². The van der Waals surface area contributed by atoms with E-state index in [4.69, 9.17) is 4.74 Å². The van der Waals surface area contributed by atoms with Crippen LogP contribution in [0.3, 0.4) is 0 Å². The van der Waals surface area contributed by atoms with E-state index < -0.39 is 0 Å². The number of ether oxygens (including phenoxy) is 1. The van der Waals surface area contributed by atoms with Crippen LogP contribution in [0, 0.1) is 6.92 Å². The Bertz CT molecular complexity index is 814. The van der Waals surface area contributed by atoms with Crippen molar-refractivity contribution in [3.05, 3.63) is 70.2 Å². The molecule has 1 aliphatic rings. The zero-order valence-electron chi connectivity index (χ0n) is 14.3. The zero-order chi connectivity index (χ0) is 17.1. The standard InChI is InChI=1S/C19H22N4OS/c1-15-19(25-14-21-15)12-22-9-17-5-3-7-23(17)11-18(10-22)24-13-16-4-2-6-20-8-16/h2-8,14,18H,9-13H2,1H3/t18-/m0/s1. The lowest BCUT2D eigenvalue weighted by atomic mass is 10.2. The van der Waals surface area contributed by atoms with Crippen molar-refractivity contribution in [2.45, 2.75) is 39.3 Å². The molecule has 0 unspecified atom stereocenters. The molecule has 0 spiro atoms. The molecule has 1 aliphatic heterocycles. The van der Waals surface area contributed by atoms with E-state index in [1.54, 1.807) is 17.5 Å². The average Bonchev–Trinajstić information content (AvgIpc) is 3.19. The maximum atomic E-state index is 6.24. The van der Waals surface area contributed by atoms with Gasteiger partial charge in [0.05, 0.1) is 23.9 Å². The summed E-state index contributed by atoms with van der Waals surface area (Å²) in [4.78, 5) is 12.4. The minimum atomic E-state index is 0.155. The summed E-state index contributed by atoms with van der Waals surface area (Å²) in [7, 11) is 0. The molecular formula is C19H22N4OS. The number of hydrogen-bond donors (Lipinski definition) is 0. The smallest absolute Gasteiger partial charge is 0.0885 e. The third kappa shape index (κ3) is 3.98. The van der Waals surface area contributed by atoms with Crippen molar-refractivity contribution in [3.63, 3.8) is 0 Å². The lowest BCUT2D eigenvalue weighted by Gasteiger charge is -2.24. The molecule has 130 valence electrons. The molecule has 0 saturated heterocycles. The summed E-state index contributed by atoms with van der Waals surface area (Å²) >= 11 is 1.74. The van der Waals surface area contributed by atoms with Gasteiger partial charge >= 0.3 is 0 Å². The highest BCUT2D eigenvalue weighted by molar-refractivity contribution is 7.09. The van der Waals surface area contributed by atoms with Crippen molar-refractivity contribution in [2.75, 3.05) is 6.54 Å². The van der Waals surface area contributed by atoms with Gasteiger partial charge in [0.25, 0.3) is 0 Å². The van der Waals surface area contributed by atoms with Gasteiger partial charge in [0, 0.05) is 55.3 Å². The highest BCUT2D eigenvalue weighted by Crippen LogP contribution is 2.21. The van der Waals surface area contributed by atoms with E-state index in [-0.39, 0.29) is 6.10 Å². The van der Waals surface area contributed by atoms with E-state index in [1.807, 2.05) is 17.8 Å². The molecule has 0 N–H and O–H groups in total. The summed E-state index contributed by atoms with van der Waals surface area (Å²) in [5.74, 6) is 0. The molecule has 1 atom stereocenters. The van der Waals surface area contributed by atoms with Gasteiger partial charge in [-0.15, -0.1) is 11.3 Å². The summed E-state index contributed by atoms with van der Waals surface area (Å²) in [5.41, 5.74) is 5.53. The molecule has 3 aromatic rings. The maximum absolute atomic E-state index is 6.24. The number of aryl methyl sites for hydroxylation is 1. The molecule has 0 bridgehead atoms. The van der Waals surface area contributed by atoms with Gasteiger partial charge in [-0.1, -0.05) is 6.07 Å². The number of fused-ring (bicyclic) bond motifs is 1. The van der Waals surface area contributed by atoms with Crippen molar-refractivity contribution in [2.24, 2.45) is 0 Å². The van der Waals surface area contributed by atoms with Crippen LogP contribution >= 0.6 is 11.3 Å². The van der Waals surface area contributed by atoms with Crippen LogP contribution in [0.25, 0.3) is 0 Å². The molecule has 0 aromatic carbocycles. The first-order valence-corrected chi connectivity index (χ1v) is 9.42. The predicted octanol–water partition coefficient (Wildman–Crippen LogP) is 3.25. The normalized spacial score (nSPS) is 18.0. The second kappa shape index (κ2) is 7.47. The minimum Gasteiger partial charge on any atom is -0.370 e. The number of rotatable bonds is 5. The zero-order valence-corrected chi connectivity index (χ0v) is 15.2. The van der Waals surface area contributed by atoms with Crippen LogP contribution in [0.1, 0.15) is 21.8 Å². The first kappa shape index (κ1) is 16.4. The second-order valence-electron chi connectivity index (χ2n) is 6.48. The van der Waals surface area contributed by atoms with Crippen LogP contribution in [0.15, 0.2) is 48.4 Å². The first-order valence-electron chi connectivity index (χ1n) is 8.54. The van der Waals surface area contributed by atoms with Crippen molar-refractivity contribution in [1.29, 1.82) is 0 Å². The number of pyridine rings is 1. The molecule has 4 rings (SSSR count). The van der Waals surface area contributed by atoms with Gasteiger partial charge in [-0.25, -0.2) is 4.98 Å². The summed E-state index contributed by atoms with van der Waals surface area (Å²) in [6.45, 7) is 6.36. The Morgan fingerprint density at radius 3 is 3.04 bits per heavy atom. The Labute approximate surface area is 151 Å². The molecule has 0 saturated carbocycles. The third-order valence-corrected chi connectivity index (χ3v) is 5.51. The molecule has 3 aromatic heterocycles. The molecule has 0 aliphatic carbocycles. The number of thiazole rings is 1. The maximum Gasteiger partial charge on any atom is 0.0885 e. The molecule has 0 radical (unpaired) electrons. The van der Waals surface area contributed by atoms with E-state index in [0.717, 1.165) is 37.4 Å². The van der Waals surface area contributed by atoms with E-state index in [0.29, 0.717) is 6.61 Å². The lowest BCUT2D eigenvalue weighted by molar-refractivity contribution is 0.00871. The number of hydrogen-bond acceptors (Lipinski definition) is 5. The highest BCUT2D eigenvalue weighted by Gasteiger charge is 2.23. The van der Waals surface area contributed by atoms with Crippen LogP contribution < -0.4 is 0 Å². The molecule has 5 nitrogen and oxygen atoms in total. The van der Waals surface area contributed by atoms with Crippen LogP contribution in [0.5, 0.6) is 0 Å². The predicted molar refractivity (Wildman–Crippen MR) is 98.2 cm³/mol. The van der Waals surface area contributed by atoms with Gasteiger partial charge in [-0.2, -0.15) is 0 Å². The van der Waals surface area contributed by atoms with Gasteiger partial charge < -0.3 is 9.30 Å². The first-order chi connectivity index (χ1) is 12.3. The Hall–Kier alpha value is -2.02. The van der Waals surface area contributed by atoms with E-state index in [9.17, 15) is 0 Å². The Morgan fingerprint density at radius 2 is 2.24 bits per heavy atom. The summed E-state index contributed by atoms with van der Waals surface area (Å²) < 4.78 is 8.55. The van der Waals surface area contributed by atoms with E-state index in [2.05, 4.69) is 50.8 Å². The van der Waals surface area contributed by atoms with E-state index in [1.165, 1.54) is 10.6 Å². The van der Waals surface area contributed by atoms with Crippen molar-refractivity contribution in [3.8, 4) is 0 Å². The average molecular weight is 354 g/mol. The van der Waals surface area contributed by atoms with Gasteiger partial charge in [-0.05, 0) is 30.7 Å². The summed E-state index contributed by atoms with van der Waals surface area (Å²) in [5, 5.41) is 0. The largest absolute Gasteiger partial charge is 0.370 e. The van der Waals surface area contributed by atoms with Crippen molar-refractivity contribution < 1.29 is 4.74 Å². The fraction of sp³-hybridized carbons (Fsp3) is 0.368. The number of aromatic nitrogens is 3. The van der Waals surface area contributed by atoms with Crippen molar-refractivity contribution >= 4 is 11.3 Å². The second-order valence-corrected chi connectivity index (χ2v) is 7.42. The molecule has 0 amide bonds. The SMILES string of the molecule is Cc1ncsc1CN1Cc2cccn2C[C@@H](OCc2cccnc2)C1. The van der Waals surface area contributed by atoms with Crippen molar-refractivity contribution in [1.82, 2.24) is 19.4 Å². The Morgan fingerprint density at radius 1 is 1.28 bits per heavy atom. The topological polar surface area (TPSA) is 43.2 Å². The van der Waals surface area contributed by atoms with Gasteiger partial charge in [-0.3, -0.25) is 9.88 Å². The van der Waals surface area contributed by atoms with E-state index >= 15 is 0 Å². The number of nitrogens with zero attached hydrogens (tertiary/aromatic N) is 4. The molecule has 25 heavy (non-hydrogen) atoms. The molecule has 6 heteroatoms. The van der Waals surface area contributed by atoms with Crippen LogP contribution in [-0.4, -0.2) is 32.1 Å². The van der Waals surface area contributed by atoms with Crippen LogP contribution in [0.4, 0.5) is 0 Å². The Balaban J connectivity index is 1.48. The minimum absolute atomic E-state index is 0.155. The molecular weight excluding hydrogens is 332 g/mol.